The minimum atomic E-state index is -0.188. The summed E-state index contributed by atoms with van der Waals surface area (Å²) in [6.07, 6.45) is 5.65. The lowest BCUT2D eigenvalue weighted by Crippen LogP contribution is -2.41. The van der Waals surface area contributed by atoms with Gasteiger partial charge >= 0.3 is 0 Å². The maximum Gasteiger partial charge on any atom is 0.221 e. The van der Waals surface area contributed by atoms with Gasteiger partial charge in [0.25, 0.3) is 0 Å². The van der Waals surface area contributed by atoms with Crippen LogP contribution in [0.15, 0.2) is 24.3 Å². The molecule has 0 aliphatic carbocycles. The molecular formula is C17H24N2O2. The molecule has 0 aromatic heterocycles. The van der Waals surface area contributed by atoms with E-state index in [1.165, 1.54) is 0 Å². The number of carbonyl (C=O) groups excluding carboxylic acids is 1. The number of rotatable bonds is 7. The number of amides is 1. The maximum atomic E-state index is 11.7. The zero-order valence-electron chi connectivity index (χ0n) is 13.0. The summed E-state index contributed by atoms with van der Waals surface area (Å²) in [5.74, 6) is 3.28. The van der Waals surface area contributed by atoms with Crippen molar-refractivity contribution in [2.75, 3.05) is 13.2 Å². The van der Waals surface area contributed by atoms with Crippen molar-refractivity contribution < 1.29 is 9.53 Å². The summed E-state index contributed by atoms with van der Waals surface area (Å²) in [6.45, 7) is 7.42. The van der Waals surface area contributed by atoms with Crippen LogP contribution in [0.1, 0.15) is 32.8 Å². The highest BCUT2D eigenvalue weighted by Crippen LogP contribution is 2.17. The maximum absolute atomic E-state index is 11.7. The summed E-state index contributed by atoms with van der Waals surface area (Å²) in [5.41, 5.74) is 0.844. The highest BCUT2D eigenvalue weighted by Gasteiger charge is 2.12. The van der Waals surface area contributed by atoms with E-state index in [1.54, 1.807) is 0 Å². The van der Waals surface area contributed by atoms with Gasteiger partial charge in [0.2, 0.25) is 5.91 Å². The number of nitrogens with one attached hydrogen (secondary N) is 2. The molecule has 0 heterocycles. The Labute approximate surface area is 127 Å². The summed E-state index contributed by atoms with van der Waals surface area (Å²) in [7, 11) is 0. The van der Waals surface area contributed by atoms with Crippen molar-refractivity contribution >= 4 is 5.91 Å². The first kappa shape index (κ1) is 17.1. The monoisotopic (exact) mass is 288 g/mol. The molecule has 0 atom stereocenters. The number of ether oxygens (including phenoxy) is 1. The molecule has 0 spiro atoms. The van der Waals surface area contributed by atoms with Crippen molar-refractivity contribution in [1.82, 2.24) is 10.6 Å². The van der Waals surface area contributed by atoms with E-state index >= 15 is 0 Å². The molecule has 4 heteroatoms. The first-order valence-electron chi connectivity index (χ1n) is 7.08. The Hall–Kier alpha value is -1.99. The normalized spacial score (nSPS) is 10.8. The summed E-state index contributed by atoms with van der Waals surface area (Å²) >= 11 is 0. The van der Waals surface area contributed by atoms with Gasteiger partial charge in [0.05, 0.1) is 0 Å². The minimum absolute atomic E-state index is 0.0480. The summed E-state index contributed by atoms with van der Waals surface area (Å²) in [4.78, 5) is 11.7. The quantitative estimate of drug-likeness (QED) is 0.597. The Bertz CT molecular complexity index is 498. The number of para-hydroxylation sites is 1. The van der Waals surface area contributed by atoms with Crippen LogP contribution in [0.4, 0.5) is 0 Å². The SMILES string of the molecule is C#CCOc1ccccc1CNCCC(=O)NC(C)(C)C. The molecule has 0 fully saturated rings. The van der Waals surface area contributed by atoms with E-state index in [0.717, 1.165) is 11.3 Å². The number of hydrogen-bond acceptors (Lipinski definition) is 3. The number of hydrogen-bond donors (Lipinski definition) is 2. The van der Waals surface area contributed by atoms with Gasteiger partial charge in [0, 0.05) is 30.6 Å². The van der Waals surface area contributed by atoms with Crippen LogP contribution in [0, 0.1) is 12.3 Å². The van der Waals surface area contributed by atoms with Crippen molar-refractivity contribution in [2.24, 2.45) is 0 Å². The van der Waals surface area contributed by atoms with Crippen LogP contribution in [-0.4, -0.2) is 24.6 Å². The second kappa shape index (κ2) is 8.33. The molecule has 1 rings (SSSR count). The highest BCUT2D eigenvalue weighted by molar-refractivity contribution is 5.76. The first-order chi connectivity index (χ1) is 9.92. The van der Waals surface area contributed by atoms with Gasteiger partial charge in [0.1, 0.15) is 12.4 Å². The molecule has 0 saturated heterocycles. The number of benzene rings is 1. The summed E-state index contributed by atoms with van der Waals surface area (Å²) in [5, 5.41) is 6.17. The van der Waals surface area contributed by atoms with Gasteiger partial charge in [-0.3, -0.25) is 4.79 Å². The summed E-state index contributed by atoms with van der Waals surface area (Å²) < 4.78 is 5.47. The van der Waals surface area contributed by atoms with Crippen molar-refractivity contribution in [3.05, 3.63) is 29.8 Å². The molecule has 0 bridgehead atoms. The van der Waals surface area contributed by atoms with E-state index in [0.29, 0.717) is 19.5 Å². The first-order valence-corrected chi connectivity index (χ1v) is 7.08. The molecule has 1 amide bonds. The largest absolute Gasteiger partial charge is 0.481 e. The molecule has 114 valence electrons. The molecule has 21 heavy (non-hydrogen) atoms. The third kappa shape index (κ3) is 7.38. The molecule has 0 aliphatic heterocycles. The van der Waals surface area contributed by atoms with Crippen LogP contribution in [0.25, 0.3) is 0 Å². The van der Waals surface area contributed by atoms with Crippen LogP contribution < -0.4 is 15.4 Å². The third-order valence-electron chi connectivity index (χ3n) is 2.64. The zero-order chi connectivity index (χ0) is 15.7. The second-order valence-corrected chi connectivity index (χ2v) is 5.83. The highest BCUT2D eigenvalue weighted by atomic mass is 16.5. The minimum Gasteiger partial charge on any atom is -0.481 e. The Balaban J connectivity index is 2.36. The molecule has 0 saturated carbocycles. The number of carbonyl (C=O) groups is 1. The van der Waals surface area contributed by atoms with Crippen LogP contribution in [-0.2, 0) is 11.3 Å². The van der Waals surface area contributed by atoms with Crippen molar-refractivity contribution in [3.8, 4) is 18.1 Å². The van der Waals surface area contributed by atoms with Crippen molar-refractivity contribution in [3.63, 3.8) is 0 Å². The molecular weight excluding hydrogens is 264 g/mol. The zero-order valence-corrected chi connectivity index (χ0v) is 13.0. The Morgan fingerprint density at radius 1 is 1.33 bits per heavy atom. The lowest BCUT2D eigenvalue weighted by molar-refractivity contribution is -0.122. The van der Waals surface area contributed by atoms with Crippen molar-refractivity contribution in [2.45, 2.75) is 39.3 Å². The third-order valence-corrected chi connectivity index (χ3v) is 2.64. The second-order valence-electron chi connectivity index (χ2n) is 5.83. The Morgan fingerprint density at radius 2 is 2.05 bits per heavy atom. The lowest BCUT2D eigenvalue weighted by atomic mass is 10.1. The average molecular weight is 288 g/mol. The van der Waals surface area contributed by atoms with Crippen LogP contribution in [0.5, 0.6) is 5.75 Å². The van der Waals surface area contributed by atoms with Crippen molar-refractivity contribution in [1.29, 1.82) is 0 Å². The molecule has 0 aliphatic rings. The van der Waals surface area contributed by atoms with E-state index in [1.807, 2.05) is 45.0 Å². The lowest BCUT2D eigenvalue weighted by Gasteiger charge is -2.20. The molecule has 1 aromatic rings. The number of terminal acetylenes is 1. The van der Waals surface area contributed by atoms with Gasteiger partial charge < -0.3 is 15.4 Å². The van der Waals surface area contributed by atoms with E-state index in [9.17, 15) is 4.79 Å². The molecule has 2 N–H and O–H groups in total. The van der Waals surface area contributed by atoms with Gasteiger partial charge in [-0.2, -0.15) is 0 Å². The average Bonchev–Trinajstić information content (AvgIpc) is 2.40. The predicted molar refractivity (Wildman–Crippen MR) is 85.0 cm³/mol. The van der Waals surface area contributed by atoms with Gasteiger partial charge in [-0.05, 0) is 26.8 Å². The molecule has 4 nitrogen and oxygen atoms in total. The van der Waals surface area contributed by atoms with E-state index in [-0.39, 0.29) is 18.1 Å². The Kier molecular flexibility index (Phi) is 6.77. The summed E-state index contributed by atoms with van der Waals surface area (Å²) in [6, 6.07) is 7.73. The van der Waals surface area contributed by atoms with Gasteiger partial charge in [-0.15, -0.1) is 6.42 Å². The fourth-order valence-electron chi connectivity index (χ4n) is 1.82. The van der Waals surface area contributed by atoms with E-state index in [2.05, 4.69) is 16.6 Å². The van der Waals surface area contributed by atoms with E-state index in [4.69, 9.17) is 11.2 Å². The van der Waals surface area contributed by atoms with Gasteiger partial charge in [-0.25, -0.2) is 0 Å². The van der Waals surface area contributed by atoms with E-state index < -0.39 is 0 Å². The van der Waals surface area contributed by atoms with Crippen LogP contribution in [0.3, 0.4) is 0 Å². The predicted octanol–water partition coefficient (Wildman–Crippen LogP) is 2.09. The fourth-order valence-corrected chi connectivity index (χ4v) is 1.82. The Morgan fingerprint density at radius 3 is 2.71 bits per heavy atom. The van der Waals surface area contributed by atoms with Crippen LogP contribution in [0.2, 0.25) is 0 Å². The standard InChI is InChI=1S/C17H24N2O2/c1-5-12-21-15-9-7-6-8-14(15)13-18-11-10-16(20)19-17(2,3)4/h1,6-9,18H,10-13H2,2-4H3,(H,19,20). The van der Waals surface area contributed by atoms with Gasteiger partial charge in [0.15, 0.2) is 0 Å². The smallest absolute Gasteiger partial charge is 0.221 e. The topological polar surface area (TPSA) is 50.4 Å². The molecule has 0 unspecified atom stereocenters. The molecule has 1 aromatic carbocycles. The van der Waals surface area contributed by atoms with Crippen LogP contribution >= 0.6 is 0 Å². The fraction of sp³-hybridized carbons (Fsp3) is 0.471. The van der Waals surface area contributed by atoms with Gasteiger partial charge in [-0.1, -0.05) is 24.1 Å². The molecule has 0 radical (unpaired) electrons.